The highest BCUT2D eigenvalue weighted by Crippen LogP contribution is 2.38. The lowest BCUT2D eigenvalue weighted by Crippen LogP contribution is -2.25. The van der Waals surface area contributed by atoms with E-state index in [0.29, 0.717) is 29.6 Å². The summed E-state index contributed by atoms with van der Waals surface area (Å²) >= 11 is 0. The van der Waals surface area contributed by atoms with E-state index in [9.17, 15) is 27.5 Å². The maximum Gasteiger partial charge on any atom is 0.419 e. The number of aliphatic hydroxyl groups excluding tert-OH is 1. The molecule has 0 saturated carbocycles. The van der Waals surface area contributed by atoms with E-state index in [2.05, 4.69) is 10.4 Å². The molecule has 0 bridgehead atoms. The number of fused-ring (bicyclic) bond motifs is 1. The Morgan fingerprint density at radius 1 is 1.36 bits per heavy atom. The van der Waals surface area contributed by atoms with Crippen LogP contribution in [-0.4, -0.2) is 21.2 Å². The Hall–Kier alpha value is -2.68. The largest absolute Gasteiger partial charge is 0.419 e. The molecule has 1 aromatic heterocycles. The third-order valence-electron chi connectivity index (χ3n) is 3.98. The van der Waals surface area contributed by atoms with Crippen LogP contribution in [0.25, 0.3) is 0 Å². The number of aromatic nitrogens is 2. The number of aliphatic hydroxyl groups is 1. The Morgan fingerprint density at radius 3 is 2.64 bits per heavy atom. The van der Waals surface area contributed by atoms with E-state index >= 15 is 0 Å². The number of anilines is 1. The minimum Gasteiger partial charge on any atom is -0.390 e. The van der Waals surface area contributed by atoms with E-state index < -0.39 is 23.6 Å². The van der Waals surface area contributed by atoms with Gasteiger partial charge in [0.25, 0.3) is 0 Å². The molecule has 2 heterocycles. The van der Waals surface area contributed by atoms with Gasteiger partial charge in [0.05, 0.1) is 17.9 Å². The fraction of sp³-hybridized carbons (Fsp3) is 0.250. The van der Waals surface area contributed by atoms with Crippen LogP contribution >= 0.6 is 0 Å². The zero-order chi connectivity index (χ0) is 18.4. The van der Waals surface area contributed by atoms with Gasteiger partial charge in [0.2, 0.25) is 0 Å². The van der Waals surface area contributed by atoms with Gasteiger partial charge in [-0.1, -0.05) is 6.07 Å². The smallest absolute Gasteiger partial charge is 0.390 e. The SMILES string of the molecule is CC1=C(C=O)C(c2ccc(C(F)(F)F)c(F)c2)n2nc(CO)cc2N1. The predicted octanol–water partition coefficient (Wildman–Crippen LogP) is 3.02. The number of carbonyl (C=O) groups is 1. The van der Waals surface area contributed by atoms with Gasteiger partial charge in [0.1, 0.15) is 24.0 Å². The number of benzene rings is 1. The second-order valence-corrected chi connectivity index (χ2v) is 5.59. The lowest BCUT2D eigenvalue weighted by Gasteiger charge is -2.28. The van der Waals surface area contributed by atoms with Gasteiger partial charge < -0.3 is 10.4 Å². The Balaban J connectivity index is 2.16. The summed E-state index contributed by atoms with van der Waals surface area (Å²) in [6.45, 7) is 1.26. The van der Waals surface area contributed by atoms with Crippen molar-refractivity contribution >= 4 is 12.1 Å². The fourth-order valence-corrected chi connectivity index (χ4v) is 2.82. The Morgan fingerprint density at radius 2 is 2.08 bits per heavy atom. The summed E-state index contributed by atoms with van der Waals surface area (Å²) in [4.78, 5) is 11.5. The molecule has 2 N–H and O–H groups in total. The average molecular weight is 355 g/mol. The molecule has 132 valence electrons. The third kappa shape index (κ3) is 2.91. The van der Waals surface area contributed by atoms with Gasteiger partial charge in [-0.2, -0.15) is 18.3 Å². The zero-order valence-corrected chi connectivity index (χ0v) is 12.9. The minimum atomic E-state index is -4.81. The molecule has 0 fully saturated rings. The molecule has 0 radical (unpaired) electrons. The number of aldehydes is 1. The number of nitrogens with zero attached hydrogens (tertiary/aromatic N) is 2. The first kappa shape index (κ1) is 17.2. The highest BCUT2D eigenvalue weighted by Gasteiger charge is 2.35. The zero-order valence-electron chi connectivity index (χ0n) is 12.9. The number of halogens is 4. The van der Waals surface area contributed by atoms with Crippen molar-refractivity contribution < 1.29 is 27.5 Å². The van der Waals surface area contributed by atoms with Crippen molar-refractivity contribution in [3.8, 4) is 0 Å². The van der Waals surface area contributed by atoms with E-state index in [1.807, 2.05) is 0 Å². The molecule has 25 heavy (non-hydrogen) atoms. The van der Waals surface area contributed by atoms with Crippen LogP contribution in [0.4, 0.5) is 23.4 Å². The van der Waals surface area contributed by atoms with Gasteiger partial charge in [-0.15, -0.1) is 0 Å². The number of rotatable bonds is 3. The number of hydrogen-bond donors (Lipinski definition) is 2. The van der Waals surface area contributed by atoms with Crippen molar-refractivity contribution in [2.75, 3.05) is 5.32 Å². The van der Waals surface area contributed by atoms with Crippen molar-refractivity contribution in [2.45, 2.75) is 25.7 Å². The molecule has 0 amide bonds. The van der Waals surface area contributed by atoms with Crippen LogP contribution in [0.15, 0.2) is 35.5 Å². The molecule has 1 aromatic carbocycles. The lowest BCUT2D eigenvalue weighted by atomic mass is 9.95. The van der Waals surface area contributed by atoms with Crippen LogP contribution in [0, 0.1) is 5.82 Å². The molecule has 0 aliphatic carbocycles. The first-order valence-corrected chi connectivity index (χ1v) is 7.25. The monoisotopic (exact) mass is 355 g/mol. The topological polar surface area (TPSA) is 67.2 Å². The van der Waals surface area contributed by atoms with Gasteiger partial charge in [0.15, 0.2) is 0 Å². The van der Waals surface area contributed by atoms with Crippen LogP contribution in [0.3, 0.4) is 0 Å². The van der Waals surface area contributed by atoms with Crippen LogP contribution in [0.1, 0.15) is 29.8 Å². The summed E-state index contributed by atoms with van der Waals surface area (Å²) in [6.07, 6.45) is -4.26. The van der Waals surface area contributed by atoms with E-state index in [4.69, 9.17) is 0 Å². The van der Waals surface area contributed by atoms with Gasteiger partial charge in [-0.05, 0) is 24.6 Å². The number of allylic oxidation sites excluding steroid dienone is 2. The summed E-state index contributed by atoms with van der Waals surface area (Å²) in [7, 11) is 0. The van der Waals surface area contributed by atoms with Crippen LogP contribution < -0.4 is 5.32 Å². The Bertz CT molecular complexity index is 871. The molecule has 1 atom stereocenters. The van der Waals surface area contributed by atoms with Crippen LogP contribution in [0.2, 0.25) is 0 Å². The number of hydrogen-bond acceptors (Lipinski definition) is 4. The van der Waals surface area contributed by atoms with Crippen molar-refractivity contribution in [3.63, 3.8) is 0 Å². The van der Waals surface area contributed by atoms with Crippen molar-refractivity contribution in [3.05, 3.63) is 58.2 Å². The van der Waals surface area contributed by atoms with Gasteiger partial charge in [-0.25, -0.2) is 9.07 Å². The summed E-state index contributed by atoms with van der Waals surface area (Å²) in [5.41, 5.74) is -0.256. The molecular formula is C16H13F4N3O2. The highest BCUT2D eigenvalue weighted by atomic mass is 19.4. The maximum atomic E-state index is 14.0. The van der Waals surface area contributed by atoms with Gasteiger partial charge >= 0.3 is 6.18 Å². The number of carbonyl (C=O) groups excluding carboxylic acids is 1. The molecule has 3 rings (SSSR count). The quantitative estimate of drug-likeness (QED) is 0.656. The summed E-state index contributed by atoms with van der Waals surface area (Å²) in [5, 5.41) is 16.3. The normalized spacial score (nSPS) is 17.3. The van der Waals surface area contributed by atoms with Crippen molar-refractivity contribution in [1.29, 1.82) is 0 Å². The van der Waals surface area contributed by atoms with Crippen molar-refractivity contribution in [1.82, 2.24) is 9.78 Å². The summed E-state index contributed by atoms with van der Waals surface area (Å²) < 4.78 is 53.6. The molecule has 0 spiro atoms. The lowest BCUT2D eigenvalue weighted by molar-refractivity contribution is -0.140. The van der Waals surface area contributed by atoms with Crippen molar-refractivity contribution in [2.24, 2.45) is 0 Å². The molecular weight excluding hydrogens is 342 g/mol. The molecule has 1 aliphatic rings. The molecule has 9 heteroatoms. The number of nitrogens with one attached hydrogen (secondary N) is 1. The van der Waals surface area contributed by atoms with Crippen LogP contribution in [0.5, 0.6) is 0 Å². The van der Waals surface area contributed by atoms with Crippen LogP contribution in [-0.2, 0) is 17.6 Å². The molecule has 5 nitrogen and oxygen atoms in total. The summed E-state index contributed by atoms with van der Waals surface area (Å²) in [6, 6.07) is 3.15. The van der Waals surface area contributed by atoms with Gasteiger partial charge in [0, 0.05) is 17.3 Å². The maximum absolute atomic E-state index is 14.0. The van der Waals surface area contributed by atoms with Gasteiger partial charge in [-0.3, -0.25) is 4.79 Å². The van der Waals surface area contributed by atoms with E-state index in [0.717, 1.165) is 12.1 Å². The number of alkyl halides is 3. The fourth-order valence-electron chi connectivity index (χ4n) is 2.82. The molecule has 2 aromatic rings. The van der Waals surface area contributed by atoms with E-state index in [-0.39, 0.29) is 17.7 Å². The average Bonchev–Trinajstić information content (AvgIpc) is 2.94. The molecule has 1 unspecified atom stereocenters. The second kappa shape index (κ2) is 5.99. The molecule has 0 saturated heterocycles. The van der Waals surface area contributed by atoms with E-state index in [1.165, 1.54) is 4.68 Å². The standard InChI is InChI=1S/C16H13F4N3O2/c1-8-11(7-25)15(23-14(21-8)5-10(6-24)22-23)9-2-3-12(13(17)4-9)16(18,19)20/h2-5,7,15,21,24H,6H2,1H3. The first-order valence-electron chi connectivity index (χ1n) is 7.25. The minimum absolute atomic E-state index is 0.141. The second-order valence-electron chi connectivity index (χ2n) is 5.59. The molecule has 1 aliphatic heterocycles. The van der Waals surface area contributed by atoms with E-state index in [1.54, 1.807) is 13.0 Å². The first-order chi connectivity index (χ1) is 11.8. The predicted molar refractivity (Wildman–Crippen MR) is 80.1 cm³/mol. The highest BCUT2D eigenvalue weighted by molar-refractivity contribution is 5.80. The Kier molecular flexibility index (Phi) is 4.11. The Labute approximate surface area is 139 Å². The third-order valence-corrected chi connectivity index (χ3v) is 3.98. The summed E-state index contributed by atoms with van der Waals surface area (Å²) in [5.74, 6) is -0.986.